The highest BCUT2D eigenvalue weighted by atomic mass is 15.4. The van der Waals surface area contributed by atoms with Crippen molar-refractivity contribution in [3.05, 3.63) is 94.5 Å². The van der Waals surface area contributed by atoms with Gasteiger partial charge in [-0.25, -0.2) is 4.68 Å². The van der Waals surface area contributed by atoms with Gasteiger partial charge in [-0.1, -0.05) is 70.9 Å². The molecule has 132 valence electrons. The zero-order valence-electron chi connectivity index (χ0n) is 15.6. The number of para-hydroxylation sites is 1. The summed E-state index contributed by atoms with van der Waals surface area (Å²) < 4.78 is 2.00. The van der Waals surface area contributed by atoms with Crippen molar-refractivity contribution in [3.63, 3.8) is 0 Å². The van der Waals surface area contributed by atoms with E-state index >= 15 is 0 Å². The molecule has 1 aliphatic rings. The number of fused-ring (bicyclic) bond motifs is 2. The molecule has 0 bridgehead atoms. The van der Waals surface area contributed by atoms with Crippen molar-refractivity contribution >= 4 is 22.8 Å². The molecule has 1 aromatic heterocycles. The Morgan fingerprint density at radius 3 is 2.52 bits per heavy atom. The monoisotopic (exact) mass is 351 g/mol. The van der Waals surface area contributed by atoms with Crippen molar-refractivity contribution in [2.45, 2.75) is 26.2 Å². The molecular formula is C24H21N3. The Balaban J connectivity index is 1.68. The average molecular weight is 351 g/mol. The molecule has 0 saturated carbocycles. The van der Waals surface area contributed by atoms with Gasteiger partial charge < -0.3 is 0 Å². The average Bonchev–Trinajstić information content (AvgIpc) is 3.12. The number of nitrogens with zero attached hydrogens (tertiary/aromatic N) is 3. The molecular weight excluding hydrogens is 330 g/mol. The predicted octanol–water partition coefficient (Wildman–Crippen LogP) is 5.58. The molecule has 27 heavy (non-hydrogen) atoms. The van der Waals surface area contributed by atoms with Crippen LogP contribution >= 0.6 is 0 Å². The van der Waals surface area contributed by atoms with Crippen LogP contribution in [0.2, 0.25) is 0 Å². The molecule has 1 aliphatic carbocycles. The number of aromatic nitrogens is 3. The van der Waals surface area contributed by atoms with Gasteiger partial charge >= 0.3 is 0 Å². The Kier molecular flexibility index (Phi) is 3.68. The first-order chi connectivity index (χ1) is 13.2. The van der Waals surface area contributed by atoms with Gasteiger partial charge in [-0.3, -0.25) is 0 Å². The number of benzene rings is 3. The van der Waals surface area contributed by atoms with Gasteiger partial charge in [-0.05, 0) is 48.7 Å². The lowest BCUT2D eigenvalue weighted by molar-refractivity contribution is 0.749. The molecule has 0 spiro atoms. The van der Waals surface area contributed by atoms with E-state index in [4.69, 9.17) is 0 Å². The molecule has 3 heteroatoms. The molecule has 3 nitrogen and oxygen atoms in total. The summed E-state index contributed by atoms with van der Waals surface area (Å²) in [6.07, 6.45) is 3.17. The maximum absolute atomic E-state index is 4.45. The summed E-state index contributed by atoms with van der Waals surface area (Å²) in [7, 11) is 0. The first-order valence-corrected chi connectivity index (χ1v) is 9.37. The van der Waals surface area contributed by atoms with Gasteiger partial charge in [-0.15, -0.1) is 5.10 Å². The smallest absolute Gasteiger partial charge is 0.113 e. The largest absolute Gasteiger partial charge is 0.217 e. The molecule has 1 atom stereocenters. The van der Waals surface area contributed by atoms with Gasteiger partial charge in [0.1, 0.15) is 5.52 Å². The summed E-state index contributed by atoms with van der Waals surface area (Å²) in [6, 6.07) is 23.8. The van der Waals surface area contributed by atoms with E-state index in [0.29, 0.717) is 5.92 Å². The number of hydrogen-bond donors (Lipinski definition) is 0. The zero-order valence-corrected chi connectivity index (χ0v) is 15.6. The highest BCUT2D eigenvalue weighted by Gasteiger charge is 2.25. The van der Waals surface area contributed by atoms with Crippen LogP contribution in [-0.4, -0.2) is 15.0 Å². The number of hydrogen-bond acceptors (Lipinski definition) is 2. The highest BCUT2D eigenvalue weighted by molar-refractivity contribution is 5.84. The lowest BCUT2D eigenvalue weighted by atomic mass is 9.80. The number of rotatable bonds is 2. The second kappa shape index (κ2) is 6.20. The SMILES string of the molecule is Cc1ccc(C2CC(n3nnc4ccccc43)=Cc3ccc(C)cc32)cc1. The summed E-state index contributed by atoms with van der Waals surface area (Å²) in [5.41, 5.74) is 9.78. The first-order valence-electron chi connectivity index (χ1n) is 9.37. The summed E-state index contributed by atoms with van der Waals surface area (Å²) in [6.45, 7) is 4.30. The molecule has 1 heterocycles. The predicted molar refractivity (Wildman–Crippen MR) is 111 cm³/mol. The maximum Gasteiger partial charge on any atom is 0.113 e. The lowest BCUT2D eigenvalue weighted by Gasteiger charge is -2.27. The third-order valence-corrected chi connectivity index (χ3v) is 5.46. The van der Waals surface area contributed by atoms with Crippen molar-refractivity contribution in [2.24, 2.45) is 0 Å². The van der Waals surface area contributed by atoms with Gasteiger partial charge in [-0.2, -0.15) is 0 Å². The standard InChI is InChI=1S/C24H21N3/c1-16-7-10-18(11-8-16)22-15-20(14-19-12-9-17(2)13-21(19)22)27-24-6-4-3-5-23(24)25-26-27/h3-14,22H,15H2,1-2H3. The summed E-state index contributed by atoms with van der Waals surface area (Å²) in [4.78, 5) is 0. The number of allylic oxidation sites excluding steroid dienone is 1. The van der Waals surface area contributed by atoms with Crippen LogP contribution in [0.4, 0.5) is 0 Å². The van der Waals surface area contributed by atoms with Crippen LogP contribution < -0.4 is 0 Å². The zero-order chi connectivity index (χ0) is 18.4. The minimum absolute atomic E-state index is 0.323. The first kappa shape index (κ1) is 16.0. The van der Waals surface area contributed by atoms with Gasteiger partial charge in [0.05, 0.1) is 5.52 Å². The van der Waals surface area contributed by atoms with Crippen molar-refractivity contribution in [1.82, 2.24) is 15.0 Å². The Labute approximate surface area is 159 Å². The Morgan fingerprint density at radius 1 is 0.889 bits per heavy atom. The Hall–Kier alpha value is -3.20. The molecule has 0 saturated heterocycles. The second-order valence-electron chi connectivity index (χ2n) is 7.43. The fourth-order valence-electron chi connectivity index (χ4n) is 4.01. The topological polar surface area (TPSA) is 30.7 Å². The molecule has 0 fully saturated rings. The van der Waals surface area contributed by atoms with E-state index in [0.717, 1.165) is 17.5 Å². The maximum atomic E-state index is 4.45. The fourth-order valence-corrected chi connectivity index (χ4v) is 4.01. The van der Waals surface area contributed by atoms with E-state index in [1.54, 1.807) is 0 Å². The molecule has 0 radical (unpaired) electrons. The molecule has 4 aromatic rings. The van der Waals surface area contributed by atoms with Gasteiger partial charge in [0.25, 0.3) is 0 Å². The van der Waals surface area contributed by atoms with E-state index in [2.05, 4.69) is 78.8 Å². The quantitative estimate of drug-likeness (QED) is 0.472. The van der Waals surface area contributed by atoms with E-state index < -0.39 is 0 Å². The van der Waals surface area contributed by atoms with E-state index in [9.17, 15) is 0 Å². The van der Waals surface area contributed by atoms with Gasteiger partial charge in [0.2, 0.25) is 0 Å². The van der Waals surface area contributed by atoms with E-state index in [-0.39, 0.29) is 0 Å². The highest BCUT2D eigenvalue weighted by Crippen LogP contribution is 2.40. The molecule has 1 unspecified atom stereocenters. The van der Waals surface area contributed by atoms with Crippen molar-refractivity contribution in [3.8, 4) is 0 Å². The lowest BCUT2D eigenvalue weighted by Crippen LogP contribution is -2.13. The van der Waals surface area contributed by atoms with Crippen LogP contribution in [0.5, 0.6) is 0 Å². The molecule has 0 N–H and O–H groups in total. The second-order valence-corrected chi connectivity index (χ2v) is 7.43. The van der Waals surface area contributed by atoms with Crippen LogP contribution in [0.1, 0.15) is 40.2 Å². The minimum Gasteiger partial charge on any atom is -0.217 e. The third kappa shape index (κ3) is 2.76. The molecule has 0 aliphatic heterocycles. The van der Waals surface area contributed by atoms with Crippen molar-refractivity contribution in [1.29, 1.82) is 0 Å². The van der Waals surface area contributed by atoms with Crippen LogP contribution in [0.3, 0.4) is 0 Å². The molecule has 3 aromatic carbocycles. The van der Waals surface area contributed by atoms with Crippen LogP contribution in [-0.2, 0) is 0 Å². The molecule has 5 rings (SSSR count). The van der Waals surface area contributed by atoms with E-state index in [1.165, 1.54) is 33.5 Å². The number of aryl methyl sites for hydroxylation is 2. The van der Waals surface area contributed by atoms with Crippen molar-refractivity contribution in [2.75, 3.05) is 0 Å². The van der Waals surface area contributed by atoms with E-state index in [1.807, 2.05) is 22.9 Å². The summed E-state index contributed by atoms with van der Waals surface area (Å²) >= 11 is 0. The Morgan fingerprint density at radius 2 is 1.67 bits per heavy atom. The normalized spacial score (nSPS) is 16.2. The van der Waals surface area contributed by atoms with Crippen LogP contribution in [0.25, 0.3) is 22.8 Å². The minimum atomic E-state index is 0.323. The van der Waals surface area contributed by atoms with Crippen molar-refractivity contribution < 1.29 is 0 Å². The summed E-state index contributed by atoms with van der Waals surface area (Å²) in [5.74, 6) is 0.323. The fraction of sp³-hybridized carbons (Fsp3) is 0.167. The Bertz CT molecular complexity index is 1170. The van der Waals surface area contributed by atoms with Crippen LogP contribution in [0.15, 0.2) is 66.7 Å². The summed E-state index contributed by atoms with van der Waals surface area (Å²) in [5, 5.41) is 8.80. The van der Waals surface area contributed by atoms with Gasteiger partial charge in [0, 0.05) is 18.0 Å². The van der Waals surface area contributed by atoms with Gasteiger partial charge in [0.15, 0.2) is 0 Å². The molecule has 0 amide bonds. The third-order valence-electron chi connectivity index (χ3n) is 5.46. The van der Waals surface area contributed by atoms with Crippen LogP contribution in [0, 0.1) is 13.8 Å².